The molecule has 122 valence electrons. The van der Waals surface area contributed by atoms with Crippen LogP contribution in [0.5, 0.6) is 0 Å². The second kappa shape index (κ2) is 5.94. The highest BCUT2D eigenvalue weighted by molar-refractivity contribution is 5.79. The summed E-state index contributed by atoms with van der Waals surface area (Å²) in [6.45, 7) is 4.27. The third-order valence-electron chi connectivity index (χ3n) is 3.98. The molecule has 0 radical (unpaired) electrons. The van der Waals surface area contributed by atoms with E-state index in [0.29, 0.717) is 17.0 Å². The molecule has 3 N–H and O–H groups in total. The number of likely N-dealkylation sites (N-methyl/N-ethyl adjacent to an activating group) is 1. The first-order valence-electron chi connectivity index (χ1n) is 7.27. The molecule has 0 aliphatic carbocycles. The van der Waals surface area contributed by atoms with Gasteiger partial charge < -0.3 is 15.6 Å². The molecule has 0 amide bonds. The molecule has 2 heterocycles. The monoisotopic (exact) mass is 318 g/mol. The van der Waals surface area contributed by atoms with Crippen LogP contribution in [0.15, 0.2) is 16.7 Å². The van der Waals surface area contributed by atoms with Gasteiger partial charge >= 0.3 is 0 Å². The second-order valence-corrected chi connectivity index (χ2v) is 5.66. The maximum atomic E-state index is 11.1. The van der Waals surface area contributed by atoms with Crippen molar-refractivity contribution in [3.63, 3.8) is 0 Å². The Hall–Kier alpha value is -2.52. The van der Waals surface area contributed by atoms with E-state index in [0.717, 1.165) is 19.6 Å². The number of nitro groups is 1. The average molecular weight is 318 g/mol. The van der Waals surface area contributed by atoms with Gasteiger partial charge in [0.15, 0.2) is 5.82 Å². The molecule has 2 aromatic rings. The smallest absolute Gasteiger partial charge is 0.293 e. The standard InChI is InChI=1S/C14H18N6O3/c1-8-5-9(12(15)10(6-8)20(21)22)14-17-13(18-23-14)11-7-16-3-4-19(11)2/h5-6,11,16H,3-4,7,15H2,1-2H3. The normalized spacial score (nSPS) is 19.0. The molecule has 23 heavy (non-hydrogen) atoms. The quantitative estimate of drug-likeness (QED) is 0.490. The number of aromatic nitrogens is 2. The van der Waals surface area contributed by atoms with Crippen LogP contribution < -0.4 is 11.1 Å². The van der Waals surface area contributed by atoms with E-state index in [2.05, 4.69) is 20.4 Å². The van der Waals surface area contributed by atoms with Crippen molar-refractivity contribution < 1.29 is 9.45 Å². The molecule has 1 unspecified atom stereocenters. The highest BCUT2D eigenvalue weighted by Gasteiger charge is 2.27. The van der Waals surface area contributed by atoms with Crippen LogP contribution in [0.2, 0.25) is 0 Å². The summed E-state index contributed by atoms with van der Waals surface area (Å²) in [4.78, 5) is 17.1. The Morgan fingerprint density at radius 2 is 2.30 bits per heavy atom. The third-order valence-corrected chi connectivity index (χ3v) is 3.98. The van der Waals surface area contributed by atoms with Crippen molar-refractivity contribution in [1.29, 1.82) is 0 Å². The summed E-state index contributed by atoms with van der Waals surface area (Å²) in [7, 11) is 1.99. The molecule has 1 saturated heterocycles. The summed E-state index contributed by atoms with van der Waals surface area (Å²) in [6.07, 6.45) is 0. The molecule has 1 aliphatic rings. The lowest BCUT2D eigenvalue weighted by atomic mass is 10.1. The van der Waals surface area contributed by atoms with Crippen LogP contribution in [0.25, 0.3) is 11.5 Å². The van der Waals surface area contributed by atoms with E-state index < -0.39 is 4.92 Å². The molecule has 1 fully saturated rings. The Morgan fingerprint density at radius 1 is 1.52 bits per heavy atom. The van der Waals surface area contributed by atoms with Gasteiger partial charge in [0.1, 0.15) is 5.69 Å². The van der Waals surface area contributed by atoms with Gasteiger partial charge in [-0.2, -0.15) is 4.98 Å². The number of nitro benzene ring substituents is 1. The maximum absolute atomic E-state index is 11.1. The minimum atomic E-state index is -0.512. The lowest BCUT2D eigenvalue weighted by Gasteiger charge is -2.30. The largest absolute Gasteiger partial charge is 0.393 e. The van der Waals surface area contributed by atoms with E-state index in [9.17, 15) is 10.1 Å². The number of piperazine rings is 1. The van der Waals surface area contributed by atoms with Crippen LogP contribution >= 0.6 is 0 Å². The molecular formula is C14H18N6O3. The van der Waals surface area contributed by atoms with Crippen LogP contribution in [0.3, 0.4) is 0 Å². The number of anilines is 1. The lowest BCUT2D eigenvalue weighted by molar-refractivity contribution is -0.383. The number of nitrogens with zero attached hydrogens (tertiary/aromatic N) is 4. The van der Waals surface area contributed by atoms with Crippen molar-refractivity contribution in [2.75, 3.05) is 32.4 Å². The number of nitrogen functional groups attached to an aromatic ring is 1. The average Bonchev–Trinajstić information content (AvgIpc) is 2.99. The van der Waals surface area contributed by atoms with E-state index in [1.165, 1.54) is 6.07 Å². The summed E-state index contributed by atoms with van der Waals surface area (Å²) >= 11 is 0. The van der Waals surface area contributed by atoms with E-state index in [1.807, 2.05) is 7.05 Å². The van der Waals surface area contributed by atoms with Gasteiger partial charge in [-0.05, 0) is 25.6 Å². The van der Waals surface area contributed by atoms with Gasteiger partial charge in [-0.1, -0.05) is 5.16 Å². The first-order valence-corrected chi connectivity index (χ1v) is 7.27. The van der Waals surface area contributed by atoms with Crippen molar-refractivity contribution in [2.24, 2.45) is 0 Å². The minimum Gasteiger partial charge on any atom is -0.393 e. The number of nitrogens with one attached hydrogen (secondary N) is 1. The Labute approximate surface area is 132 Å². The number of hydrogen-bond acceptors (Lipinski definition) is 8. The first kappa shape index (κ1) is 15.4. The van der Waals surface area contributed by atoms with Crippen LogP contribution in [-0.4, -0.2) is 46.6 Å². The summed E-state index contributed by atoms with van der Waals surface area (Å²) in [5.41, 5.74) is 6.88. The third kappa shape index (κ3) is 2.88. The van der Waals surface area contributed by atoms with Gasteiger partial charge in [0.05, 0.1) is 16.5 Å². The molecular weight excluding hydrogens is 300 g/mol. The molecule has 1 aromatic heterocycles. The molecule has 0 bridgehead atoms. The SMILES string of the molecule is Cc1cc(-c2nc(C3CNCCN3C)no2)c(N)c([N+](=O)[O-])c1. The Balaban J connectivity index is 1.99. The van der Waals surface area contributed by atoms with Crippen LogP contribution in [0, 0.1) is 17.0 Å². The van der Waals surface area contributed by atoms with Gasteiger partial charge in [0.2, 0.25) is 0 Å². The molecule has 9 heteroatoms. The molecule has 1 atom stereocenters. The maximum Gasteiger partial charge on any atom is 0.293 e. The number of hydrogen-bond donors (Lipinski definition) is 2. The van der Waals surface area contributed by atoms with Gasteiger partial charge in [0, 0.05) is 25.7 Å². The summed E-state index contributed by atoms with van der Waals surface area (Å²) < 4.78 is 5.30. The fraction of sp³-hybridized carbons (Fsp3) is 0.429. The zero-order valence-corrected chi connectivity index (χ0v) is 12.9. The van der Waals surface area contributed by atoms with Gasteiger partial charge in [0.25, 0.3) is 11.6 Å². The highest BCUT2D eigenvalue weighted by Crippen LogP contribution is 2.34. The second-order valence-electron chi connectivity index (χ2n) is 5.66. The Bertz CT molecular complexity index is 744. The van der Waals surface area contributed by atoms with Crippen molar-refractivity contribution >= 4 is 11.4 Å². The highest BCUT2D eigenvalue weighted by atomic mass is 16.6. The Morgan fingerprint density at radius 3 is 3.00 bits per heavy atom. The Kier molecular flexibility index (Phi) is 3.97. The predicted octanol–water partition coefficient (Wildman–Crippen LogP) is 1.11. The van der Waals surface area contributed by atoms with Gasteiger partial charge in [-0.3, -0.25) is 15.0 Å². The fourth-order valence-electron chi connectivity index (χ4n) is 2.68. The number of benzene rings is 1. The number of rotatable bonds is 3. The van der Waals surface area contributed by atoms with Crippen molar-refractivity contribution in [3.05, 3.63) is 33.6 Å². The zero-order chi connectivity index (χ0) is 16.6. The van der Waals surface area contributed by atoms with Crippen molar-refractivity contribution in [3.8, 4) is 11.5 Å². The summed E-state index contributed by atoms with van der Waals surface area (Å²) in [5, 5.41) is 18.4. The topological polar surface area (TPSA) is 123 Å². The molecule has 9 nitrogen and oxygen atoms in total. The summed E-state index contributed by atoms with van der Waals surface area (Å²) in [6, 6.07) is 3.14. The number of nitrogens with two attached hydrogens (primary N) is 1. The van der Waals surface area contributed by atoms with E-state index in [4.69, 9.17) is 10.3 Å². The van der Waals surface area contributed by atoms with Crippen LogP contribution in [-0.2, 0) is 0 Å². The van der Waals surface area contributed by atoms with Gasteiger partial charge in [-0.25, -0.2) is 0 Å². The molecule has 1 aliphatic heterocycles. The molecule has 3 rings (SSSR count). The molecule has 1 aromatic carbocycles. The zero-order valence-electron chi connectivity index (χ0n) is 12.9. The van der Waals surface area contributed by atoms with Crippen molar-refractivity contribution in [1.82, 2.24) is 20.4 Å². The summed E-state index contributed by atoms with van der Waals surface area (Å²) in [5.74, 6) is 0.738. The van der Waals surface area contributed by atoms with Crippen molar-refractivity contribution in [2.45, 2.75) is 13.0 Å². The van der Waals surface area contributed by atoms with E-state index in [1.54, 1.807) is 13.0 Å². The van der Waals surface area contributed by atoms with Crippen LogP contribution in [0.4, 0.5) is 11.4 Å². The van der Waals surface area contributed by atoms with Gasteiger partial charge in [-0.15, -0.1) is 0 Å². The van der Waals surface area contributed by atoms with E-state index >= 15 is 0 Å². The minimum absolute atomic E-state index is 0.00210. The molecule has 0 saturated carbocycles. The molecule has 0 spiro atoms. The first-order chi connectivity index (χ1) is 11.0. The van der Waals surface area contributed by atoms with E-state index in [-0.39, 0.29) is 23.3 Å². The van der Waals surface area contributed by atoms with Crippen LogP contribution in [0.1, 0.15) is 17.4 Å². The fourth-order valence-corrected chi connectivity index (χ4v) is 2.68. The predicted molar refractivity (Wildman–Crippen MR) is 83.8 cm³/mol. The number of aryl methyl sites for hydroxylation is 1. The lowest BCUT2D eigenvalue weighted by Crippen LogP contribution is -2.44.